The second-order valence-corrected chi connectivity index (χ2v) is 5.53. The molecule has 0 radical (unpaired) electrons. The topological polar surface area (TPSA) is 66.8 Å². The van der Waals surface area contributed by atoms with Crippen molar-refractivity contribution >= 4 is 41.8 Å². The highest BCUT2D eigenvalue weighted by atomic mass is 35.5. The minimum Gasteiger partial charge on any atom is -0.478 e. The van der Waals surface area contributed by atoms with Crippen LogP contribution in [0.25, 0.3) is 0 Å². The van der Waals surface area contributed by atoms with Gasteiger partial charge in [-0.05, 0) is 35.3 Å². The van der Waals surface area contributed by atoms with Gasteiger partial charge < -0.3 is 14.8 Å². The van der Waals surface area contributed by atoms with Gasteiger partial charge in [0.05, 0.1) is 11.7 Å². The van der Waals surface area contributed by atoms with Crippen LogP contribution < -0.4 is 5.46 Å². The molecule has 3 rings (SSSR count). The third-order valence-corrected chi connectivity index (χ3v) is 3.95. The van der Waals surface area contributed by atoms with Crippen molar-refractivity contribution in [3.8, 4) is 0 Å². The molecule has 1 unspecified atom stereocenters. The van der Waals surface area contributed by atoms with E-state index in [9.17, 15) is 9.82 Å². The maximum Gasteiger partial charge on any atom is 0.492 e. The Labute approximate surface area is 131 Å². The molecule has 0 aromatic heterocycles. The van der Waals surface area contributed by atoms with E-state index in [4.69, 9.17) is 33.0 Å². The molecule has 0 aliphatic carbocycles. The molecular formula is C14H9BCl2O4. The van der Waals surface area contributed by atoms with E-state index in [1.807, 2.05) is 0 Å². The number of rotatable bonds is 2. The van der Waals surface area contributed by atoms with Crippen LogP contribution in [0.4, 0.5) is 0 Å². The molecule has 2 aromatic rings. The Morgan fingerprint density at radius 3 is 2.57 bits per heavy atom. The number of fused-ring (bicyclic) bond motifs is 1. The highest BCUT2D eigenvalue weighted by Crippen LogP contribution is 2.36. The zero-order chi connectivity index (χ0) is 15.1. The van der Waals surface area contributed by atoms with E-state index >= 15 is 0 Å². The Morgan fingerprint density at radius 2 is 1.90 bits per heavy atom. The molecule has 2 aromatic carbocycles. The van der Waals surface area contributed by atoms with Crippen LogP contribution in [0.15, 0.2) is 36.4 Å². The molecule has 1 aliphatic heterocycles. The van der Waals surface area contributed by atoms with Gasteiger partial charge in [-0.25, -0.2) is 4.79 Å². The number of aromatic carboxylic acids is 1. The first-order chi connectivity index (χ1) is 9.97. The summed E-state index contributed by atoms with van der Waals surface area (Å²) in [6.07, 6.45) is -0.626. The number of carbonyl (C=O) groups is 1. The van der Waals surface area contributed by atoms with E-state index in [2.05, 4.69) is 0 Å². The third kappa shape index (κ3) is 2.54. The lowest BCUT2D eigenvalue weighted by Gasteiger charge is -2.15. The smallest absolute Gasteiger partial charge is 0.478 e. The van der Waals surface area contributed by atoms with Crippen LogP contribution in [0.3, 0.4) is 0 Å². The second kappa shape index (κ2) is 5.35. The van der Waals surface area contributed by atoms with Crippen molar-refractivity contribution in [1.29, 1.82) is 0 Å². The summed E-state index contributed by atoms with van der Waals surface area (Å²) in [6, 6.07) is 9.41. The lowest BCUT2D eigenvalue weighted by Crippen LogP contribution is -2.28. The maximum absolute atomic E-state index is 11.1. The molecule has 0 fully saturated rings. The SMILES string of the molecule is O=C(O)c1ccc2c(c1)C(c1ccc(Cl)cc1Cl)OB2O. The van der Waals surface area contributed by atoms with Gasteiger partial charge in [-0.3, -0.25) is 0 Å². The average Bonchev–Trinajstić information content (AvgIpc) is 2.75. The third-order valence-electron chi connectivity index (χ3n) is 3.39. The van der Waals surface area contributed by atoms with E-state index < -0.39 is 19.2 Å². The number of hydrogen-bond acceptors (Lipinski definition) is 3. The van der Waals surface area contributed by atoms with Crippen LogP contribution in [0, 0.1) is 0 Å². The Bertz CT molecular complexity index is 735. The number of halogens is 2. The minimum absolute atomic E-state index is 0.126. The molecule has 7 heteroatoms. The standard InChI is InChI=1S/C14H9BCl2O4/c16-8-2-3-9(12(17)6-8)13-10-5-7(14(18)19)1-4-11(10)15(20)21-13/h1-6,13,20H,(H,18,19). The number of hydrogen-bond donors (Lipinski definition) is 2. The molecule has 1 heterocycles. The van der Waals surface area contributed by atoms with Gasteiger partial charge >= 0.3 is 13.1 Å². The predicted octanol–water partition coefficient (Wildman–Crippen LogP) is 2.50. The Hall–Kier alpha value is -1.53. The van der Waals surface area contributed by atoms with Crippen LogP contribution in [0.1, 0.15) is 27.6 Å². The number of carboxylic acid groups (broad SMARTS) is 1. The molecule has 21 heavy (non-hydrogen) atoms. The fourth-order valence-corrected chi connectivity index (χ4v) is 2.90. The number of carboxylic acids is 1. The van der Waals surface area contributed by atoms with Crippen molar-refractivity contribution in [3.63, 3.8) is 0 Å². The lowest BCUT2D eigenvalue weighted by molar-refractivity contribution is 0.0696. The van der Waals surface area contributed by atoms with E-state index in [1.54, 1.807) is 24.3 Å². The van der Waals surface area contributed by atoms with Crippen LogP contribution in [-0.4, -0.2) is 23.2 Å². The first-order valence-corrected chi connectivity index (χ1v) is 6.88. The van der Waals surface area contributed by atoms with Crippen molar-refractivity contribution < 1.29 is 19.6 Å². The zero-order valence-corrected chi connectivity index (χ0v) is 12.1. The first kappa shape index (κ1) is 14.4. The van der Waals surface area contributed by atoms with Gasteiger partial charge in [-0.2, -0.15) is 0 Å². The van der Waals surface area contributed by atoms with Gasteiger partial charge in [0, 0.05) is 15.6 Å². The minimum atomic E-state index is -1.11. The first-order valence-electron chi connectivity index (χ1n) is 6.13. The second-order valence-electron chi connectivity index (χ2n) is 4.68. The monoisotopic (exact) mass is 322 g/mol. The summed E-state index contributed by atoms with van der Waals surface area (Å²) in [6.45, 7) is 0. The summed E-state index contributed by atoms with van der Waals surface area (Å²) in [7, 11) is -1.11. The van der Waals surface area contributed by atoms with Gasteiger partial charge in [0.2, 0.25) is 0 Å². The van der Waals surface area contributed by atoms with Crippen molar-refractivity contribution in [3.05, 3.63) is 63.1 Å². The fraction of sp³-hybridized carbons (Fsp3) is 0.0714. The molecule has 1 aliphatic rings. The zero-order valence-electron chi connectivity index (χ0n) is 10.6. The Balaban J connectivity index is 2.12. The molecule has 0 amide bonds. The summed E-state index contributed by atoms with van der Waals surface area (Å²) < 4.78 is 5.51. The van der Waals surface area contributed by atoms with Crippen molar-refractivity contribution in [2.24, 2.45) is 0 Å². The fourth-order valence-electron chi connectivity index (χ4n) is 2.39. The maximum atomic E-state index is 11.1. The lowest BCUT2D eigenvalue weighted by atomic mass is 9.78. The molecule has 0 saturated heterocycles. The number of benzene rings is 2. The molecule has 4 nitrogen and oxygen atoms in total. The summed E-state index contributed by atoms with van der Waals surface area (Å²) in [5.74, 6) is -1.04. The van der Waals surface area contributed by atoms with E-state index in [0.29, 0.717) is 26.6 Å². The van der Waals surface area contributed by atoms with E-state index in [1.165, 1.54) is 12.1 Å². The van der Waals surface area contributed by atoms with E-state index in [-0.39, 0.29) is 5.56 Å². The summed E-state index contributed by atoms with van der Waals surface area (Å²) >= 11 is 12.0. The largest absolute Gasteiger partial charge is 0.492 e. The van der Waals surface area contributed by atoms with Crippen molar-refractivity contribution in [2.45, 2.75) is 6.10 Å². The average molecular weight is 323 g/mol. The van der Waals surface area contributed by atoms with Crippen LogP contribution >= 0.6 is 23.2 Å². The van der Waals surface area contributed by atoms with Gasteiger partial charge in [0.25, 0.3) is 0 Å². The quantitative estimate of drug-likeness (QED) is 0.834. The molecule has 0 bridgehead atoms. The molecule has 0 saturated carbocycles. The Morgan fingerprint density at radius 1 is 1.14 bits per heavy atom. The summed E-state index contributed by atoms with van der Waals surface area (Å²) in [5.41, 5.74) is 1.88. The van der Waals surface area contributed by atoms with Crippen LogP contribution in [0.5, 0.6) is 0 Å². The molecule has 1 atom stereocenters. The van der Waals surface area contributed by atoms with Gasteiger partial charge in [0.1, 0.15) is 0 Å². The molecule has 2 N–H and O–H groups in total. The van der Waals surface area contributed by atoms with Gasteiger partial charge in [-0.1, -0.05) is 35.3 Å². The van der Waals surface area contributed by atoms with Crippen molar-refractivity contribution in [2.75, 3.05) is 0 Å². The van der Waals surface area contributed by atoms with Crippen molar-refractivity contribution in [1.82, 2.24) is 0 Å². The Kier molecular flexibility index (Phi) is 3.67. The van der Waals surface area contributed by atoms with Gasteiger partial charge in [-0.15, -0.1) is 0 Å². The van der Waals surface area contributed by atoms with Gasteiger partial charge in [0.15, 0.2) is 0 Å². The highest BCUT2D eigenvalue weighted by molar-refractivity contribution is 6.61. The highest BCUT2D eigenvalue weighted by Gasteiger charge is 2.37. The van der Waals surface area contributed by atoms with Crippen LogP contribution in [0.2, 0.25) is 10.0 Å². The molecule has 106 valence electrons. The molecular weight excluding hydrogens is 314 g/mol. The molecule has 0 spiro atoms. The van der Waals surface area contributed by atoms with Crippen LogP contribution in [-0.2, 0) is 4.65 Å². The normalized spacial score (nSPS) is 16.9. The summed E-state index contributed by atoms with van der Waals surface area (Å²) in [5, 5.41) is 19.9. The summed E-state index contributed by atoms with van der Waals surface area (Å²) in [4.78, 5) is 11.1. The predicted molar refractivity (Wildman–Crippen MR) is 80.4 cm³/mol. The van der Waals surface area contributed by atoms with E-state index in [0.717, 1.165) is 0 Å².